The number of hydrogen-bond acceptors (Lipinski definition) is 2. The Morgan fingerprint density at radius 2 is 2.27 bits per heavy atom. The lowest BCUT2D eigenvalue weighted by Crippen LogP contribution is -2.18. The molecule has 0 fully saturated rings. The molecule has 0 aliphatic rings. The van der Waals surface area contributed by atoms with Crippen LogP contribution in [-0.4, -0.2) is 16.8 Å². The minimum absolute atomic E-state index is 0.0813. The SMILES string of the molecule is CCCC(C)C(Cl)OC(=O)O. The molecule has 66 valence electrons. The van der Waals surface area contributed by atoms with Crippen molar-refractivity contribution in [3.63, 3.8) is 0 Å². The second-order valence-electron chi connectivity index (χ2n) is 2.50. The molecule has 0 aliphatic heterocycles. The van der Waals surface area contributed by atoms with Gasteiger partial charge in [-0.3, -0.25) is 0 Å². The smallest absolute Gasteiger partial charge is 0.450 e. The van der Waals surface area contributed by atoms with Gasteiger partial charge in [0.05, 0.1) is 0 Å². The van der Waals surface area contributed by atoms with Crippen LogP contribution >= 0.6 is 11.6 Å². The van der Waals surface area contributed by atoms with Crippen molar-refractivity contribution in [2.75, 3.05) is 0 Å². The second-order valence-corrected chi connectivity index (χ2v) is 2.93. The minimum atomic E-state index is -1.31. The lowest BCUT2D eigenvalue weighted by atomic mass is 10.1. The van der Waals surface area contributed by atoms with Crippen molar-refractivity contribution < 1.29 is 14.6 Å². The van der Waals surface area contributed by atoms with E-state index < -0.39 is 11.7 Å². The lowest BCUT2D eigenvalue weighted by Gasteiger charge is -2.15. The van der Waals surface area contributed by atoms with Crippen LogP contribution in [0.2, 0.25) is 0 Å². The largest absolute Gasteiger partial charge is 0.507 e. The Balaban J connectivity index is 3.63. The average molecular weight is 181 g/mol. The van der Waals surface area contributed by atoms with E-state index in [0.29, 0.717) is 0 Å². The van der Waals surface area contributed by atoms with Gasteiger partial charge in [0.1, 0.15) is 0 Å². The van der Waals surface area contributed by atoms with E-state index in [9.17, 15) is 4.79 Å². The van der Waals surface area contributed by atoms with Gasteiger partial charge in [-0.15, -0.1) is 0 Å². The summed E-state index contributed by atoms with van der Waals surface area (Å²) in [6.07, 6.45) is 0.544. The van der Waals surface area contributed by atoms with Crippen LogP contribution in [0.3, 0.4) is 0 Å². The third kappa shape index (κ3) is 4.90. The molecule has 0 saturated carbocycles. The normalized spacial score (nSPS) is 15.5. The summed E-state index contributed by atoms with van der Waals surface area (Å²) in [5, 5.41) is 8.19. The van der Waals surface area contributed by atoms with E-state index in [2.05, 4.69) is 4.74 Å². The van der Waals surface area contributed by atoms with Gasteiger partial charge in [-0.25, -0.2) is 4.79 Å². The predicted octanol–water partition coefficient (Wildman–Crippen LogP) is 2.68. The Labute approximate surface area is 71.3 Å². The van der Waals surface area contributed by atoms with E-state index in [1.165, 1.54) is 0 Å². The Kier molecular flexibility index (Phi) is 5.03. The van der Waals surface area contributed by atoms with Crippen LogP contribution in [0.25, 0.3) is 0 Å². The van der Waals surface area contributed by atoms with Crippen LogP contribution in [0.15, 0.2) is 0 Å². The molecule has 0 radical (unpaired) electrons. The van der Waals surface area contributed by atoms with Crippen molar-refractivity contribution >= 4 is 17.8 Å². The van der Waals surface area contributed by atoms with Crippen LogP contribution in [0.1, 0.15) is 26.7 Å². The zero-order valence-corrected chi connectivity index (χ0v) is 7.47. The molecule has 2 unspecified atom stereocenters. The molecule has 0 rings (SSSR count). The molecular weight excluding hydrogens is 168 g/mol. The maximum atomic E-state index is 10.0. The molecule has 0 aromatic heterocycles. The average Bonchev–Trinajstić information content (AvgIpc) is 1.86. The van der Waals surface area contributed by atoms with Gasteiger partial charge in [-0.1, -0.05) is 31.9 Å². The first-order valence-electron chi connectivity index (χ1n) is 3.61. The van der Waals surface area contributed by atoms with Gasteiger partial charge < -0.3 is 9.84 Å². The van der Waals surface area contributed by atoms with Crippen LogP contribution in [-0.2, 0) is 4.74 Å². The summed E-state index contributed by atoms with van der Waals surface area (Å²) in [6, 6.07) is 0. The highest BCUT2D eigenvalue weighted by molar-refractivity contribution is 6.20. The Morgan fingerprint density at radius 3 is 2.64 bits per heavy atom. The van der Waals surface area contributed by atoms with Crippen molar-refractivity contribution in [3.8, 4) is 0 Å². The fourth-order valence-electron chi connectivity index (χ4n) is 0.799. The number of halogens is 1. The second kappa shape index (κ2) is 5.24. The number of rotatable bonds is 4. The van der Waals surface area contributed by atoms with E-state index in [1.54, 1.807) is 0 Å². The monoisotopic (exact) mass is 180 g/mol. The molecule has 0 aromatic carbocycles. The van der Waals surface area contributed by atoms with Gasteiger partial charge in [0.15, 0.2) is 5.56 Å². The molecule has 2 atom stereocenters. The molecule has 0 bridgehead atoms. The molecule has 11 heavy (non-hydrogen) atoms. The summed E-state index contributed by atoms with van der Waals surface area (Å²) in [7, 11) is 0. The number of alkyl halides is 1. The topological polar surface area (TPSA) is 46.5 Å². The van der Waals surface area contributed by atoms with E-state index in [-0.39, 0.29) is 5.92 Å². The summed E-state index contributed by atoms with van der Waals surface area (Å²) in [5.74, 6) is 0.0813. The van der Waals surface area contributed by atoms with Crippen LogP contribution in [0, 0.1) is 5.92 Å². The maximum absolute atomic E-state index is 10.0. The third-order valence-electron chi connectivity index (χ3n) is 1.40. The van der Waals surface area contributed by atoms with Crippen molar-refractivity contribution in [3.05, 3.63) is 0 Å². The van der Waals surface area contributed by atoms with E-state index >= 15 is 0 Å². The molecule has 3 nitrogen and oxygen atoms in total. The summed E-state index contributed by atoms with van der Waals surface area (Å²) < 4.78 is 4.35. The maximum Gasteiger partial charge on any atom is 0.507 e. The molecule has 0 aliphatic carbocycles. The molecule has 0 saturated heterocycles. The fraction of sp³-hybridized carbons (Fsp3) is 0.857. The van der Waals surface area contributed by atoms with Crippen LogP contribution in [0.4, 0.5) is 4.79 Å². The number of carbonyl (C=O) groups is 1. The molecule has 4 heteroatoms. The van der Waals surface area contributed by atoms with Crippen LogP contribution in [0.5, 0.6) is 0 Å². The molecule has 0 aromatic rings. The van der Waals surface area contributed by atoms with E-state index in [1.807, 2.05) is 13.8 Å². The quantitative estimate of drug-likeness (QED) is 0.535. The van der Waals surface area contributed by atoms with Gasteiger partial charge >= 0.3 is 6.16 Å². The van der Waals surface area contributed by atoms with E-state index in [0.717, 1.165) is 12.8 Å². The fourth-order valence-corrected chi connectivity index (χ4v) is 1.00. The summed E-state index contributed by atoms with van der Waals surface area (Å²) >= 11 is 5.60. The highest BCUT2D eigenvalue weighted by Crippen LogP contribution is 2.17. The van der Waals surface area contributed by atoms with Gasteiger partial charge in [0.25, 0.3) is 0 Å². The van der Waals surface area contributed by atoms with E-state index in [4.69, 9.17) is 16.7 Å². The standard InChI is InChI=1S/C7H13ClO3/c1-3-4-5(2)6(8)11-7(9)10/h5-6H,3-4H2,1-2H3,(H,9,10). The molecule has 1 N–H and O–H groups in total. The Morgan fingerprint density at radius 1 is 1.73 bits per heavy atom. The summed E-state index contributed by atoms with van der Waals surface area (Å²) in [6.45, 7) is 3.88. The van der Waals surface area contributed by atoms with Gasteiger partial charge in [-0.05, 0) is 6.42 Å². The van der Waals surface area contributed by atoms with Gasteiger partial charge in [0.2, 0.25) is 0 Å². The van der Waals surface area contributed by atoms with Crippen molar-refractivity contribution in [2.45, 2.75) is 32.3 Å². The third-order valence-corrected chi connectivity index (χ3v) is 1.92. The van der Waals surface area contributed by atoms with Gasteiger partial charge in [0, 0.05) is 5.92 Å². The first-order valence-corrected chi connectivity index (χ1v) is 4.05. The highest BCUT2D eigenvalue weighted by atomic mass is 35.5. The van der Waals surface area contributed by atoms with Crippen molar-refractivity contribution in [2.24, 2.45) is 5.92 Å². The van der Waals surface area contributed by atoms with Crippen LogP contribution < -0.4 is 0 Å². The minimum Gasteiger partial charge on any atom is -0.450 e. The predicted molar refractivity (Wildman–Crippen MR) is 42.8 cm³/mol. The molecule has 0 amide bonds. The van der Waals surface area contributed by atoms with Gasteiger partial charge in [-0.2, -0.15) is 0 Å². The zero-order chi connectivity index (χ0) is 8.85. The zero-order valence-electron chi connectivity index (χ0n) is 6.71. The molecular formula is C7H13ClO3. The Bertz CT molecular complexity index is 127. The molecule has 0 heterocycles. The molecule has 0 spiro atoms. The summed E-state index contributed by atoms with van der Waals surface area (Å²) in [4.78, 5) is 10.0. The Hall–Kier alpha value is -0.440. The van der Waals surface area contributed by atoms with Crippen molar-refractivity contribution in [1.29, 1.82) is 0 Å². The van der Waals surface area contributed by atoms with Crippen molar-refractivity contribution in [1.82, 2.24) is 0 Å². The number of ether oxygens (including phenoxy) is 1. The first-order chi connectivity index (χ1) is 5.07. The number of hydrogen-bond donors (Lipinski definition) is 1. The number of carboxylic acid groups (broad SMARTS) is 1. The highest BCUT2D eigenvalue weighted by Gasteiger charge is 2.16. The first kappa shape index (κ1) is 10.6. The lowest BCUT2D eigenvalue weighted by molar-refractivity contribution is 0.0615. The summed E-state index contributed by atoms with van der Waals surface area (Å²) in [5.41, 5.74) is -0.715.